The number of nitrogens with one attached hydrogen (secondary N) is 1. The summed E-state index contributed by atoms with van der Waals surface area (Å²) in [7, 11) is -3.81. The van der Waals surface area contributed by atoms with Crippen LogP contribution in [0.5, 0.6) is 0 Å². The maximum atomic E-state index is 13.6. The lowest BCUT2D eigenvalue weighted by Crippen LogP contribution is -2.46. The van der Waals surface area contributed by atoms with Gasteiger partial charge in [0.15, 0.2) is 10.7 Å². The molecule has 8 nitrogen and oxygen atoms in total. The Kier molecular flexibility index (Phi) is 8.56. The van der Waals surface area contributed by atoms with Crippen molar-refractivity contribution in [3.05, 3.63) is 45.8 Å². The van der Waals surface area contributed by atoms with Crippen molar-refractivity contribution in [1.29, 1.82) is 0 Å². The zero-order valence-electron chi connectivity index (χ0n) is 22.7. The van der Waals surface area contributed by atoms with Crippen molar-refractivity contribution in [2.24, 2.45) is 5.92 Å². The van der Waals surface area contributed by atoms with Gasteiger partial charge >= 0.3 is 0 Å². The number of likely N-dealkylation sites (N-methyl/N-ethyl adjacent to an activating group) is 1. The lowest BCUT2D eigenvalue weighted by molar-refractivity contribution is -0.126. The van der Waals surface area contributed by atoms with Crippen LogP contribution in [-0.2, 0) is 14.8 Å². The van der Waals surface area contributed by atoms with Crippen molar-refractivity contribution in [1.82, 2.24) is 19.7 Å². The number of likely N-dealkylation sites (tertiary alicyclic amines) is 1. The first-order valence-corrected chi connectivity index (χ1v) is 14.8. The van der Waals surface area contributed by atoms with Crippen LogP contribution in [0.2, 0.25) is 0 Å². The Morgan fingerprint density at radius 3 is 2.41 bits per heavy atom. The average molecular weight is 529 g/mol. The number of aromatic nitrogens is 1. The van der Waals surface area contributed by atoms with Gasteiger partial charge in [0.25, 0.3) is 0 Å². The van der Waals surface area contributed by atoms with Gasteiger partial charge < -0.3 is 9.84 Å². The van der Waals surface area contributed by atoms with Crippen molar-refractivity contribution in [2.45, 2.75) is 71.2 Å². The van der Waals surface area contributed by atoms with Crippen molar-refractivity contribution in [3.63, 3.8) is 0 Å². The molecule has 1 aromatic heterocycles. The van der Waals surface area contributed by atoms with E-state index in [1.165, 1.54) is 16.3 Å². The zero-order chi connectivity index (χ0) is 26.7. The Morgan fingerprint density at radius 1 is 1.08 bits per heavy atom. The third kappa shape index (κ3) is 5.99. The predicted molar refractivity (Wildman–Crippen MR) is 146 cm³/mol. The number of hydrogen-bond acceptors (Lipinski definition) is 6. The van der Waals surface area contributed by atoms with E-state index in [4.69, 9.17) is 4.52 Å². The summed E-state index contributed by atoms with van der Waals surface area (Å²) in [5, 5.41) is 7.09. The summed E-state index contributed by atoms with van der Waals surface area (Å²) in [6.07, 6.45) is 6.88. The van der Waals surface area contributed by atoms with E-state index in [1.807, 2.05) is 19.9 Å². The van der Waals surface area contributed by atoms with Gasteiger partial charge in [-0.15, -0.1) is 0 Å². The molecular weight excluding hydrogens is 488 g/mol. The summed E-state index contributed by atoms with van der Waals surface area (Å²) >= 11 is 0. The van der Waals surface area contributed by atoms with Crippen LogP contribution in [0.4, 0.5) is 0 Å². The fraction of sp³-hybridized carbons (Fsp3) is 0.571. The molecule has 1 N–H and O–H groups in total. The normalized spacial score (nSPS) is 20.2. The van der Waals surface area contributed by atoms with Crippen LogP contribution >= 0.6 is 0 Å². The molecular formula is C28H40N4O4S. The van der Waals surface area contributed by atoms with Crippen molar-refractivity contribution in [3.8, 4) is 0 Å². The number of amides is 1. The standard InChI is InChI=1S/C28H40N4O4S/c1-6-31-13-7-8-24(31)18-29-28(33)23-11-14-32(15-12-23)37(34,35)27-22(5)30-36-26(27)10-9-25-20(3)16-19(2)17-21(25)4/h9-10,16-17,23-24H,6-8,11-15,18H2,1-5H3,(H,29,33)/b10-9+/t24-/m1/s1. The average Bonchev–Trinajstić information content (AvgIpc) is 3.48. The molecule has 9 heteroatoms. The third-order valence-corrected chi connectivity index (χ3v) is 9.87. The second-order valence-corrected chi connectivity index (χ2v) is 12.3. The maximum Gasteiger partial charge on any atom is 0.248 e. The highest BCUT2D eigenvalue weighted by Crippen LogP contribution is 2.30. The summed E-state index contributed by atoms with van der Waals surface area (Å²) in [4.78, 5) is 15.3. The van der Waals surface area contributed by atoms with E-state index in [2.05, 4.69) is 41.4 Å². The number of aryl methyl sites for hydroxylation is 4. The molecule has 2 fully saturated rings. The molecule has 0 bridgehead atoms. The first-order chi connectivity index (χ1) is 17.6. The third-order valence-electron chi connectivity index (χ3n) is 7.81. The molecule has 1 atom stereocenters. The monoisotopic (exact) mass is 528 g/mol. The lowest BCUT2D eigenvalue weighted by Gasteiger charge is -2.31. The van der Waals surface area contributed by atoms with E-state index in [0.29, 0.717) is 44.2 Å². The number of benzene rings is 1. The summed E-state index contributed by atoms with van der Waals surface area (Å²) in [5.41, 5.74) is 4.79. The van der Waals surface area contributed by atoms with Crippen LogP contribution in [0.3, 0.4) is 0 Å². The lowest BCUT2D eigenvalue weighted by atomic mass is 9.97. The Bertz CT molecular complexity index is 1240. The minimum atomic E-state index is -3.81. The summed E-state index contributed by atoms with van der Waals surface area (Å²) in [6.45, 7) is 13.3. The Labute approximate surface area is 221 Å². The van der Waals surface area contributed by atoms with Gasteiger partial charge in [-0.1, -0.05) is 35.9 Å². The molecule has 2 aromatic rings. The van der Waals surface area contributed by atoms with Crippen LogP contribution in [0.1, 0.15) is 66.3 Å². The van der Waals surface area contributed by atoms with Crippen LogP contribution in [-0.4, -0.2) is 67.5 Å². The van der Waals surface area contributed by atoms with E-state index in [-0.39, 0.29) is 22.5 Å². The Balaban J connectivity index is 1.42. The highest BCUT2D eigenvalue weighted by atomic mass is 32.2. The molecule has 0 radical (unpaired) electrons. The van der Waals surface area contributed by atoms with Crippen LogP contribution in [0.25, 0.3) is 12.2 Å². The van der Waals surface area contributed by atoms with Gasteiger partial charge in [-0.2, -0.15) is 4.31 Å². The Morgan fingerprint density at radius 2 is 1.76 bits per heavy atom. The van der Waals surface area contributed by atoms with Crippen LogP contribution < -0.4 is 5.32 Å². The number of piperidine rings is 1. The molecule has 2 aliphatic heterocycles. The van der Waals surface area contributed by atoms with Crippen LogP contribution in [0.15, 0.2) is 21.6 Å². The molecule has 2 saturated heterocycles. The molecule has 2 aliphatic rings. The predicted octanol–water partition coefficient (Wildman–Crippen LogP) is 4.08. The quantitative estimate of drug-likeness (QED) is 0.555. The van der Waals surface area contributed by atoms with Gasteiger partial charge in [-0.25, -0.2) is 8.42 Å². The molecule has 0 aliphatic carbocycles. The van der Waals surface area contributed by atoms with E-state index in [9.17, 15) is 13.2 Å². The van der Waals surface area contributed by atoms with Gasteiger partial charge in [0.2, 0.25) is 15.9 Å². The highest BCUT2D eigenvalue weighted by Gasteiger charge is 2.36. The van der Waals surface area contributed by atoms with Crippen molar-refractivity contribution in [2.75, 3.05) is 32.7 Å². The molecule has 0 spiro atoms. The molecule has 37 heavy (non-hydrogen) atoms. The van der Waals surface area contributed by atoms with E-state index < -0.39 is 10.0 Å². The van der Waals surface area contributed by atoms with Gasteiger partial charge in [0, 0.05) is 31.6 Å². The topological polar surface area (TPSA) is 95.8 Å². The number of nitrogens with zero attached hydrogens (tertiary/aromatic N) is 3. The second-order valence-electron chi connectivity index (χ2n) is 10.5. The van der Waals surface area contributed by atoms with Gasteiger partial charge in [-0.05, 0) is 89.2 Å². The number of carbonyl (C=O) groups is 1. The van der Waals surface area contributed by atoms with Gasteiger partial charge in [0.1, 0.15) is 5.69 Å². The van der Waals surface area contributed by atoms with E-state index >= 15 is 0 Å². The molecule has 0 unspecified atom stereocenters. The van der Waals surface area contributed by atoms with Crippen molar-refractivity contribution >= 4 is 28.1 Å². The van der Waals surface area contributed by atoms with Crippen LogP contribution in [0, 0.1) is 33.6 Å². The smallest absolute Gasteiger partial charge is 0.248 e. The number of sulfonamides is 1. The van der Waals surface area contributed by atoms with E-state index in [1.54, 1.807) is 13.0 Å². The first-order valence-electron chi connectivity index (χ1n) is 13.4. The number of rotatable bonds is 8. The fourth-order valence-corrected chi connectivity index (χ4v) is 7.52. The Hall–Kier alpha value is -2.49. The largest absolute Gasteiger partial charge is 0.355 e. The molecule has 202 valence electrons. The zero-order valence-corrected chi connectivity index (χ0v) is 23.5. The number of hydrogen-bond donors (Lipinski definition) is 1. The molecule has 1 amide bonds. The first kappa shape index (κ1) is 27.5. The molecule has 4 rings (SSSR count). The minimum Gasteiger partial charge on any atom is -0.355 e. The van der Waals surface area contributed by atoms with E-state index in [0.717, 1.165) is 36.2 Å². The molecule has 0 saturated carbocycles. The van der Waals surface area contributed by atoms with Gasteiger partial charge in [0.05, 0.1) is 0 Å². The second kappa shape index (κ2) is 11.5. The molecule has 1 aromatic carbocycles. The highest BCUT2D eigenvalue weighted by molar-refractivity contribution is 7.89. The van der Waals surface area contributed by atoms with Gasteiger partial charge in [-0.3, -0.25) is 9.69 Å². The fourth-order valence-electron chi connectivity index (χ4n) is 5.80. The minimum absolute atomic E-state index is 0.0358. The SMILES string of the molecule is CCN1CCC[C@@H]1CNC(=O)C1CCN(S(=O)(=O)c2c(C)noc2/C=C/c2c(C)cc(C)cc2C)CC1. The number of carbonyl (C=O) groups excluding carboxylic acids is 1. The summed E-state index contributed by atoms with van der Waals surface area (Å²) in [5.74, 6) is 0.0979. The maximum absolute atomic E-state index is 13.6. The summed E-state index contributed by atoms with van der Waals surface area (Å²) < 4.78 is 34.1. The van der Waals surface area contributed by atoms with Crippen molar-refractivity contribution < 1.29 is 17.7 Å². The summed E-state index contributed by atoms with van der Waals surface area (Å²) in [6, 6.07) is 4.61. The molecule has 3 heterocycles.